The van der Waals surface area contributed by atoms with Crippen molar-refractivity contribution in [3.8, 4) is 0 Å². The van der Waals surface area contributed by atoms with Crippen molar-refractivity contribution < 1.29 is 9.18 Å². The number of halogens is 2. The fraction of sp³-hybridized carbons (Fsp3) is 0.562. The number of rotatable bonds is 4. The number of benzene rings is 1. The van der Waals surface area contributed by atoms with Gasteiger partial charge in [-0.2, -0.15) is 0 Å². The molecule has 1 aromatic carbocycles. The SMILES string of the molecule is CC1CC(C)CN(CCC(=O)Nc2cccc(F)c2)C1.Cl. The molecule has 21 heavy (non-hydrogen) atoms. The Bertz CT molecular complexity index is 459. The molecule has 2 atom stereocenters. The fourth-order valence-corrected chi connectivity index (χ4v) is 3.02. The third-order valence-corrected chi connectivity index (χ3v) is 3.71. The number of carbonyl (C=O) groups is 1. The van der Waals surface area contributed by atoms with Crippen LogP contribution in [0.3, 0.4) is 0 Å². The van der Waals surface area contributed by atoms with Gasteiger partial charge in [-0.15, -0.1) is 12.4 Å². The van der Waals surface area contributed by atoms with Gasteiger partial charge in [-0.25, -0.2) is 4.39 Å². The minimum absolute atomic E-state index is 0. The first-order valence-corrected chi connectivity index (χ1v) is 7.30. The summed E-state index contributed by atoms with van der Waals surface area (Å²) in [5.74, 6) is 1.01. The van der Waals surface area contributed by atoms with E-state index >= 15 is 0 Å². The van der Waals surface area contributed by atoms with E-state index in [1.807, 2.05) is 0 Å². The van der Waals surface area contributed by atoms with Gasteiger partial charge in [0, 0.05) is 31.7 Å². The smallest absolute Gasteiger partial charge is 0.225 e. The van der Waals surface area contributed by atoms with E-state index in [0.29, 0.717) is 23.9 Å². The van der Waals surface area contributed by atoms with Gasteiger partial charge in [0.15, 0.2) is 0 Å². The zero-order valence-corrected chi connectivity index (χ0v) is 13.5. The Balaban J connectivity index is 0.00000220. The lowest BCUT2D eigenvalue weighted by molar-refractivity contribution is -0.116. The number of carbonyl (C=O) groups excluding carboxylic acids is 1. The van der Waals surface area contributed by atoms with Crippen LogP contribution in [-0.4, -0.2) is 30.4 Å². The van der Waals surface area contributed by atoms with Gasteiger partial charge in [-0.1, -0.05) is 19.9 Å². The molecule has 5 heteroatoms. The molecule has 0 aliphatic carbocycles. The molecule has 1 saturated heterocycles. The first-order chi connectivity index (χ1) is 9.52. The van der Waals surface area contributed by atoms with Gasteiger partial charge in [0.2, 0.25) is 5.91 Å². The highest BCUT2D eigenvalue weighted by atomic mass is 35.5. The molecule has 1 aliphatic rings. The van der Waals surface area contributed by atoms with Crippen molar-refractivity contribution in [3.63, 3.8) is 0 Å². The standard InChI is InChI=1S/C16H23FN2O.ClH/c1-12-8-13(2)11-19(10-12)7-6-16(20)18-15-5-3-4-14(17)9-15;/h3-5,9,12-13H,6-8,10-11H2,1-2H3,(H,18,20);1H. The second kappa shape index (κ2) is 8.35. The number of hydrogen-bond donors (Lipinski definition) is 1. The molecule has 0 radical (unpaired) electrons. The average molecular weight is 315 g/mol. The van der Waals surface area contributed by atoms with E-state index in [0.717, 1.165) is 19.6 Å². The first-order valence-electron chi connectivity index (χ1n) is 7.30. The van der Waals surface area contributed by atoms with Crippen LogP contribution in [0.1, 0.15) is 26.7 Å². The van der Waals surface area contributed by atoms with Crippen molar-refractivity contribution in [1.82, 2.24) is 4.90 Å². The number of hydrogen-bond acceptors (Lipinski definition) is 2. The second-order valence-electron chi connectivity index (χ2n) is 6.01. The molecule has 118 valence electrons. The van der Waals surface area contributed by atoms with Crippen LogP contribution in [-0.2, 0) is 4.79 Å². The number of anilines is 1. The third kappa shape index (κ3) is 6.02. The minimum atomic E-state index is -0.332. The summed E-state index contributed by atoms with van der Waals surface area (Å²) in [4.78, 5) is 14.2. The van der Waals surface area contributed by atoms with Crippen LogP contribution in [0.2, 0.25) is 0 Å². The first kappa shape index (κ1) is 17.9. The van der Waals surface area contributed by atoms with E-state index < -0.39 is 0 Å². The number of likely N-dealkylation sites (tertiary alicyclic amines) is 1. The summed E-state index contributed by atoms with van der Waals surface area (Å²) in [5.41, 5.74) is 0.524. The van der Waals surface area contributed by atoms with Crippen molar-refractivity contribution in [2.75, 3.05) is 25.0 Å². The molecule has 0 spiro atoms. The molecule has 2 unspecified atom stereocenters. The van der Waals surface area contributed by atoms with Gasteiger partial charge in [-0.05, 0) is 36.5 Å². The molecule has 0 bridgehead atoms. The molecular weight excluding hydrogens is 291 g/mol. The maximum atomic E-state index is 13.0. The van der Waals surface area contributed by atoms with Crippen LogP contribution >= 0.6 is 12.4 Å². The number of nitrogens with zero attached hydrogens (tertiary/aromatic N) is 1. The van der Waals surface area contributed by atoms with Crippen LogP contribution in [0, 0.1) is 17.7 Å². The second-order valence-corrected chi connectivity index (χ2v) is 6.01. The molecule has 1 aliphatic heterocycles. The van der Waals surface area contributed by atoms with Gasteiger partial charge < -0.3 is 10.2 Å². The average Bonchev–Trinajstić information content (AvgIpc) is 2.35. The Morgan fingerprint density at radius 2 is 2.00 bits per heavy atom. The highest BCUT2D eigenvalue weighted by Crippen LogP contribution is 2.21. The van der Waals surface area contributed by atoms with Gasteiger partial charge in [-0.3, -0.25) is 4.79 Å². The molecule has 1 heterocycles. The van der Waals surface area contributed by atoms with E-state index in [9.17, 15) is 9.18 Å². The Labute approximate surface area is 132 Å². The molecular formula is C16H24ClFN2O. The largest absolute Gasteiger partial charge is 0.326 e. The summed E-state index contributed by atoms with van der Waals surface area (Å²) in [7, 11) is 0. The predicted molar refractivity (Wildman–Crippen MR) is 86.3 cm³/mol. The Hall–Kier alpha value is -1.13. The van der Waals surface area contributed by atoms with Crippen LogP contribution in [0.25, 0.3) is 0 Å². The Morgan fingerprint density at radius 1 is 1.33 bits per heavy atom. The van der Waals surface area contributed by atoms with E-state index in [2.05, 4.69) is 24.1 Å². The highest BCUT2D eigenvalue weighted by Gasteiger charge is 2.21. The minimum Gasteiger partial charge on any atom is -0.326 e. The zero-order valence-electron chi connectivity index (χ0n) is 12.6. The van der Waals surface area contributed by atoms with E-state index in [1.54, 1.807) is 12.1 Å². The van der Waals surface area contributed by atoms with Crippen LogP contribution in [0.15, 0.2) is 24.3 Å². The summed E-state index contributed by atoms with van der Waals surface area (Å²) in [6.45, 7) is 7.43. The topological polar surface area (TPSA) is 32.3 Å². The van der Waals surface area contributed by atoms with E-state index in [1.165, 1.54) is 18.6 Å². The molecule has 1 fully saturated rings. The molecule has 3 nitrogen and oxygen atoms in total. The van der Waals surface area contributed by atoms with E-state index in [4.69, 9.17) is 0 Å². The zero-order chi connectivity index (χ0) is 14.5. The van der Waals surface area contributed by atoms with Gasteiger partial charge >= 0.3 is 0 Å². The molecule has 0 aromatic heterocycles. The molecule has 1 N–H and O–H groups in total. The normalized spacial score (nSPS) is 22.4. The number of amides is 1. The maximum Gasteiger partial charge on any atom is 0.225 e. The number of piperidine rings is 1. The van der Waals surface area contributed by atoms with Gasteiger partial charge in [0.25, 0.3) is 0 Å². The maximum absolute atomic E-state index is 13.0. The molecule has 1 aromatic rings. The van der Waals surface area contributed by atoms with Gasteiger partial charge in [0.1, 0.15) is 5.82 Å². The summed E-state index contributed by atoms with van der Waals surface area (Å²) < 4.78 is 13.0. The van der Waals surface area contributed by atoms with Crippen molar-refractivity contribution in [3.05, 3.63) is 30.1 Å². The monoisotopic (exact) mass is 314 g/mol. The van der Waals surface area contributed by atoms with Crippen LogP contribution in [0.4, 0.5) is 10.1 Å². The van der Waals surface area contributed by atoms with Crippen molar-refractivity contribution in [1.29, 1.82) is 0 Å². The summed E-state index contributed by atoms with van der Waals surface area (Å²) in [6.07, 6.45) is 1.72. The van der Waals surface area contributed by atoms with Crippen molar-refractivity contribution in [2.45, 2.75) is 26.7 Å². The predicted octanol–water partition coefficient (Wildman–Crippen LogP) is 3.55. The lowest BCUT2D eigenvalue weighted by Gasteiger charge is -2.34. The molecule has 0 saturated carbocycles. The fourth-order valence-electron chi connectivity index (χ4n) is 3.02. The lowest BCUT2D eigenvalue weighted by Crippen LogP contribution is -2.40. The van der Waals surface area contributed by atoms with Crippen molar-refractivity contribution in [2.24, 2.45) is 11.8 Å². The summed E-state index contributed by atoms with van der Waals surface area (Å²) in [6, 6.07) is 6.00. The van der Waals surface area contributed by atoms with E-state index in [-0.39, 0.29) is 24.1 Å². The third-order valence-electron chi connectivity index (χ3n) is 3.71. The molecule has 2 rings (SSSR count). The summed E-state index contributed by atoms with van der Waals surface area (Å²) in [5, 5.41) is 2.74. The van der Waals surface area contributed by atoms with Crippen LogP contribution < -0.4 is 5.32 Å². The summed E-state index contributed by atoms with van der Waals surface area (Å²) >= 11 is 0. The highest BCUT2D eigenvalue weighted by molar-refractivity contribution is 5.90. The lowest BCUT2D eigenvalue weighted by atomic mass is 9.92. The quantitative estimate of drug-likeness (QED) is 0.921. The molecule has 1 amide bonds. The van der Waals surface area contributed by atoms with Crippen LogP contribution in [0.5, 0.6) is 0 Å². The van der Waals surface area contributed by atoms with Crippen molar-refractivity contribution >= 4 is 24.0 Å². The Kier molecular flexibility index (Phi) is 7.12. The Morgan fingerprint density at radius 3 is 2.62 bits per heavy atom. The van der Waals surface area contributed by atoms with Gasteiger partial charge in [0.05, 0.1) is 0 Å². The number of nitrogens with one attached hydrogen (secondary N) is 1.